The molecule has 262 valence electrons. The number of carbonyl (C=O) groups excluding carboxylic acids is 2. The third-order valence-corrected chi connectivity index (χ3v) is 9.63. The van der Waals surface area contributed by atoms with Gasteiger partial charge in [-0.1, -0.05) is 6.42 Å². The van der Waals surface area contributed by atoms with Gasteiger partial charge in [0.25, 0.3) is 11.8 Å². The number of carbonyl (C=O) groups is 2. The van der Waals surface area contributed by atoms with E-state index >= 15 is 0 Å². The predicted molar refractivity (Wildman–Crippen MR) is 181 cm³/mol. The number of aryl methyl sites for hydroxylation is 3. The Kier molecular flexibility index (Phi) is 9.18. The second-order valence-electron chi connectivity index (χ2n) is 12.9. The normalized spacial score (nSPS) is 20.3. The van der Waals surface area contributed by atoms with Crippen molar-refractivity contribution in [3.63, 3.8) is 0 Å². The Morgan fingerprint density at radius 2 is 1.90 bits per heavy atom. The first-order chi connectivity index (χ1) is 24.1. The zero-order chi connectivity index (χ0) is 35.1. The maximum Gasteiger partial charge on any atom is 0.345 e. The predicted octanol–water partition coefficient (Wildman–Crippen LogP) is 4.39. The summed E-state index contributed by atoms with van der Waals surface area (Å²) in [6, 6.07) is 8.25. The molecular weight excluding hydrogens is 648 g/mol. The van der Waals surface area contributed by atoms with Crippen LogP contribution in [0, 0.1) is 0 Å². The van der Waals surface area contributed by atoms with Gasteiger partial charge in [-0.3, -0.25) is 14.6 Å². The Balaban J connectivity index is 1.24. The number of alkyl halides is 2. The summed E-state index contributed by atoms with van der Waals surface area (Å²) in [7, 11) is 3.45. The summed E-state index contributed by atoms with van der Waals surface area (Å²) in [4.78, 5) is 47.3. The molecule has 7 rings (SSSR count). The van der Waals surface area contributed by atoms with Gasteiger partial charge in [0, 0.05) is 56.1 Å². The fraction of sp³-hybridized carbons (Fsp3) is 0.429. The van der Waals surface area contributed by atoms with Crippen LogP contribution in [0.4, 0.5) is 8.78 Å². The van der Waals surface area contributed by atoms with Crippen molar-refractivity contribution < 1.29 is 27.8 Å². The van der Waals surface area contributed by atoms with Gasteiger partial charge in [0.2, 0.25) is 0 Å². The van der Waals surface area contributed by atoms with Crippen LogP contribution in [0.3, 0.4) is 0 Å². The average molecular weight is 688 g/mol. The number of nitrogens with one attached hydrogen (secondary N) is 1. The van der Waals surface area contributed by atoms with Crippen LogP contribution in [-0.2, 0) is 24.8 Å². The van der Waals surface area contributed by atoms with E-state index in [1.807, 2.05) is 30.7 Å². The molecule has 2 aliphatic heterocycles. The number of piperidine rings is 1. The molecule has 5 aromatic rings. The Bertz CT molecular complexity index is 2080. The molecule has 13 nitrogen and oxygen atoms in total. The van der Waals surface area contributed by atoms with E-state index in [4.69, 9.17) is 20.4 Å². The van der Waals surface area contributed by atoms with Crippen LogP contribution in [0.2, 0.25) is 0 Å². The number of fused-ring (bicyclic) bond motifs is 3. The highest BCUT2D eigenvalue weighted by Crippen LogP contribution is 2.35. The van der Waals surface area contributed by atoms with Crippen LogP contribution in [-0.4, -0.2) is 84.7 Å². The standard InChI is InChI=1S/C35H39F2N9O4/c1-19-23-9-8-20-16-26(46(31(20)42-23)13-6-4-5-7-24-29(33(47)41-19)40-12-11-39-24)32-43-25-15-21(17-28(49-3)30(25)44(32)2)34(48)45-14-10-27(22(38)18-45)50-35(36)37/h8-9,11-12,15-17,19,22,27,35H,4-7,10,13-14,18,38H2,1-3H3,(H,41,47)/t19-,22+,27-/m1/s1. The number of likely N-dealkylation sites (tertiary alicyclic amines) is 1. The van der Waals surface area contributed by atoms with Crippen LogP contribution in [0.1, 0.15) is 70.9 Å². The number of pyridine rings is 1. The topological polar surface area (TPSA) is 155 Å². The number of nitrogens with two attached hydrogens (primary N) is 1. The second kappa shape index (κ2) is 13.7. The van der Waals surface area contributed by atoms with E-state index in [-0.39, 0.29) is 37.4 Å². The number of hydrogen-bond donors (Lipinski definition) is 2. The molecule has 3 atom stereocenters. The molecule has 2 bridgehead atoms. The first-order valence-electron chi connectivity index (χ1n) is 16.8. The summed E-state index contributed by atoms with van der Waals surface area (Å²) in [5.41, 5.74) is 11.1. The van der Waals surface area contributed by atoms with Gasteiger partial charge in [-0.2, -0.15) is 8.78 Å². The molecule has 6 heterocycles. The maximum atomic E-state index is 13.7. The Morgan fingerprint density at radius 1 is 1.08 bits per heavy atom. The molecular formula is C35H39F2N9O4. The first kappa shape index (κ1) is 33.5. The van der Waals surface area contributed by atoms with Crippen LogP contribution in [0.15, 0.2) is 42.7 Å². The Hall–Kier alpha value is -5.02. The number of rotatable bonds is 5. The molecule has 15 heteroatoms. The molecule has 3 N–H and O–H groups in total. The zero-order valence-electron chi connectivity index (χ0n) is 28.1. The summed E-state index contributed by atoms with van der Waals surface area (Å²) in [5, 5.41) is 3.97. The van der Waals surface area contributed by atoms with E-state index in [0.29, 0.717) is 58.2 Å². The van der Waals surface area contributed by atoms with Crippen LogP contribution in [0.5, 0.6) is 5.75 Å². The molecule has 1 fully saturated rings. The number of methoxy groups -OCH3 is 1. The summed E-state index contributed by atoms with van der Waals surface area (Å²) in [6.07, 6.45) is 5.76. The number of nitrogens with zero attached hydrogens (tertiary/aromatic N) is 7. The third-order valence-electron chi connectivity index (χ3n) is 9.63. The van der Waals surface area contributed by atoms with E-state index in [9.17, 15) is 18.4 Å². The number of amides is 2. The summed E-state index contributed by atoms with van der Waals surface area (Å²) in [6.45, 7) is -0.0316. The van der Waals surface area contributed by atoms with Crippen molar-refractivity contribution in [3.8, 4) is 17.3 Å². The van der Waals surface area contributed by atoms with E-state index in [2.05, 4.69) is 30.7 Å². The van der Waals surface area contributed by atoms with Gasteiger partial charge in [-0.15, -0.1) is 0 Å². The van der Waals surface area contributed by atoms with Crippen LogP contribution < -0.4 is 15.8 Å². The number of aromatic nitrogens is 6. The molecule has 0 radical (unpaired) electrons. The Labute approximate surface area is 286 Å². The average Bonchev–Trinajstić information content (AvgIpc) is 3.64. The van der Waals surface area contributed by atoms with Crippen LogP contribution in [0.25, 0.3) is 33.6 Å². The Morgan fingerprint density at radius 3 is 2.68 bits per heavy atom. The number of hydrogen-bond acceptors (Lipinski definition) is 9. The third kappa shape index (κ3) is 6.26. The summed E-state index contributed by atoms with van der Waals surface area (Å²) >= 11 is 0. The van der Waals surface area contributed by atoms with Gasteiger partial charge in [-0.25, -0.2) is 15.0 Å². The van der Waals surface area contributed by atoms with Gasteiger partial charge in [-0.05, 0) is 62.9 Å². The van der Waals surface area contributed by atoms with E-state index in [1.165, 1.54) is 6.20 Å². The summed E-state index contributed by atoms with van der Waals surface area (Å²) < 4.78 is 40.2. The van der Waals surface area contributed by atoms with Gasteiger partial charge in [0.1, 0.15) is 22.6 Å². The monoisotopic (exact) mass is 687 g/mol. The lowest BCUT2D eigenvalue weighted by Crippen LogP contribution is -2.54. The van der Waals surface area contributed by atoms with Crippen molar-refractivity contribution >= 4 is 33.9 Å². The van der Waals surface area contributed by atoms with Crippen molar-refractivity contribution in [3.05, 3.63) is 65.4 Å². The van der Waals surface area contributed by atoms with E-state index < -0.39 is 18.8 Å². The highest BCUT2D eigenvalue weighted by Gasteiger charge is 2.33. The lowest BCUT2D eigenvalue weighted by atomic mass is 10.0. The summed E-state index contributed by atoms with van der Waals surface area (Å²) in [5.74, 6) is 0.561. The minimum absolute atomic E-state index is 0.0847. The molecule has 0 saturated carbocycles. The minimum Gasteiger partial charge on any atom is -0.494 e. The van der Waals surface area contributed by atoms with Crippen molar-refractivity contribution in [2.24, 2.45) is 12.8 Å². The zero-order valence-corrected chi connectivity index (χ0v) is 28.1. The molecule has 4 aromatic heterocycles. The van der Waals surface area contributed by atoms with Crippen molar-refractivity contribution in [2.75, 3.05) is 20.2 Å². The molecule has 2 aliphatic rings. The number of imidazole rings is 1. The molecule has 1 saturated heterocycles. The molecule has 1 aromatic carbocycles. The second-order valence-corrected chi connectivity index (χ2v) is 12.9. The fourth-order valence-corrected chi connectivity index (χ4v) is 7.06. The number of benzene rings is 1. The molecule has 0 spiro atoms. The van der Waals surface area contributed by atoms with Gasteiger partial charge >= 0.3 is 6.61 Å². The van der Waals surface area contributed by atoms with Gasteiger partial charge in [0.15, 0.2) is 5.82 Å². The van der Waals surface area contributed by atoms with Gasteiger partial charge in [0.05, 0.1) is 41.9 Å². The quantitative estimate of drug-likeness (QED) is 0.274. The van der Waals surface area contributed by atoms with Crippen molar-refractivity contribution in [2.45, 2.75) is 70.4 Å². The minimum atomic E-state index is -2.92. The van der Waals surface area contributed by atoms with Crippen molar-refractivity contribution in [1.82, 2.24) is 39.3 Å². The lowest BCUT2D eigenvalue weighted by molar-refractivity contribution is -0.175. The highest BCUT2D eigenvalue weighted by atomic mass is 19.3. The smallest absolute Gasteiger partial charge is 0.345 e. The van der Waals surface area contributed by atoms with Crippen molar-refractivity contribution in [1.29, 1.82) is 0 Å². The molecule has 2 amide bonds. The van der Waals surface area contributed by atoms with Crippen LogP contribution >= 0.6 is 0 Å². The van der Waals surface area contributed by atoms with Gasteiger partial charge < -0.3 is 34.6 Å². The SMILES string of the molecule is COc1cc(C(=O)N2CC[C@@H](OC(F)F)[C@@H](N)C2)cc2nc(-c3cc4ccc5nc4n3CCCCCc3nccnc3C(=O)N[C@@H]5C)n(C)c12. The lowest BCUT2D eigenvalue weighted by Gasteiger charge is -2.36. The molecule has 0 unspecified atom stereocenters. The number of halogens is 2. The fourth-order valence-electron chi connectivity index (χ4n) is 7.06. The van der Waals surface area contributed by atoms with E-state index in [1.54, 1.807) is 30.3 Å². The number of ether oxygens (including phenoxy) is 2. The van der Waals surface area contributed by atoms with E-state index in [0.717, 1.165) is 36.0 Å². The first-order valence-corrected chi connectivity index (χ1v) is 16.8. The molecule has 0 aliphatic carbocycles. The largest absolute Gasteiger partial charge is 0.494 e. The highest BCUT2D eigenvalue weighted by molar-refractivity contribution is 6.00. The maximum absolute atomic E-state index is 13.7. The molecule has 50 heavy (non-hydrogen) atoms.